The zero-order valence-electron chi connectivity index (χ0n) is 12.7. The molecule has 1 heterocycles. The quantitative estimate of drug-likeness (QED) is 0.863. The molecule has 0 unspecified atom stereocenters. The summed E-state index contributed by atoms with van der Waals surface area (Å²) in [5.41, 5.74) is 1.88. The predicted molar refractivity (Wildman–Crippen MR) is 83.6 cm³/mol. The van der Waals surface area contributed by atoms with Gasteiger partial charge in [0.25, 0.3) is 0 Å². The number of ether oxygens (including phenoxy) is 1. The molecule has 0 amide bonds. The van der Waals surface area contributed by atoms with Crippen molar-refractivity contribution < 1.29 is 9.53 Å². The summed E-state index contributed by atoms with van der Waals surface area (Å²) in [7, 11) is 1.62. The number of benzene rings is 1. The summed E-state index contributed by atoms with van der Waals surface area (Å²) in [5, 5.41) is 12.5. The SMILES string of the molecule is COc1ccc(C)cc1-n1nnnc1S[C@H]1CCCCC1=O. The number of carbonyl (C=O) groups excluding carboxylic acids is 1. The van der Waals surface area contributed by atoms with Crippen LogP contribution in [0.15, 0.2) is 23.4 Å². The molecule has 1 atom stereocenters. The van der Waals surface area contributed by atoms with Crippen LogP contribution in [0.2, 0.25) is 0 Å². The summed E-state index contributed by atoms with van der Waals surface area (Å²) in [6, 6.07) is 5.85. The lowest BCUT2D eigenvalue weighted by Crippen LogP contribution is -2.21. The summed E-state index contributed by atoms with van der Waals surface area (Å²) >= 11 is 1.45. The van der Waals surface area contributed by atoms with E-state index in [0.29, 0.717) is 23.1 Å². The van der Waals surface area contributed by atoms with Crippen molar-refractivity contribution in [3.63, 3.8) is 0 Å². The number of carbonyl (C=O) groups is 1. The van der Waals surface area contributed by atoms with Gasteiger partial charge in [0.15, 0.2) is 0 Å². The van der Waals surface area contributed by atoms with E-state index in [4.69, 9.17) is 4.74 Å². The van der Waals surface area contributed by atoms with Gasteiger partial charge in [0.2, 0.25) is 5.16 Å². The fourth-order valence-corrected chi connectivity index (χ4v) is 3.68. The molecule has 0 radical (unpaired) electrons. The maximum atomic E-state index is 12.0. The van der Waals surface area contributed by atoms with Crippen molar-refractivity contribution in [3.8, 4) is 11.4 Å². The number of hydrogen-bond donors (Lipinski definition) is 0. The van der Waals surface area contributed by atoms with Crippen LogP contribution in [0, 0.1) is 6.92 Å². The molecule has 1 fully saturated rings. The predicted octanol–water partition coefficient (Wildman–Crippen LogP) is 2.58. The Bertz CT molecular complexity index is 686. The molecule has 7 heteroatoms. The van der Waals surface area contributed by atoms with Gasteiger partial charge < -0.3 is 4.74 Å². The molecule has 0 saturated heterocycles. The normalized spacial score (nSPS) is 18.5. The van der Waals surface area contributed by atoms with Gasteiger partial charge in [-0.15, -0.1) is 5.10 Å². The maximum absolute atomic E-state index is 12.0. The Balaban J connectivity index is 1.92. The molecule has 6 nitrogen and oxygen atoms in total. The number of methoxy groups -OCH3 is 1. The van der Waals surface area contributed by atoms with Crippen molar-refractivity contribution in [2.45, 2.75) is 43.0 Å². The molecule has 1 saturated carbocycles. The molecule has 0 N–H and O–H groups in total. The lowest BCUT2D eigenvalue weighted by Gasteiger charge is -2.19. The molecular weight excluding hydrogens is 300 g/mol. The number of nitrogens with zero attached hydrogens (tertiary/aromatic N) is 4. The van der Waals surface area contributed by atoms with Crippen LogP contribution in [-0.4, -0.2) is 38.4 Å². The van der Waals surface area contributed by atoms with E-state index in [-0.39, 0.29) is 5.25 Å². The summed E-state index contributed by atoms with van der Waals surface area (Å²) in [6.45, 7) is 2.00. The molecule has 0 bridgehead atoms. The van der Waals surface area contributed by atoms with Gasteiger partial charge in [-0.2, -0.15) is 4.68 Å². The van der Waals surface area contributed by atoms with Crippen molar-refractivity contribution in [2.75, 3.05) is 7.11 Å². The van der Waals surface area contributed by atoms with Gasteiger partial charge >= 0.3 is 0 Å². The Kier molecular flexibility index (Phi) is 4.42. The van der Waals surface area contributed by atoms with Crippen LogP contribution < -0.4 is 4.74 Å². The standard InChI is InChI=1S/C15H18N4O2S/c1-10-7-8-13(21-2)11(9-10)19-15(16-17-18-19)22-14-6-4-3-5-12(14)20/h7-9,14H,3-6H2,1-2H3/t14-/m0/s1. The van der Waals surface area contributed by atoms with Crippen molar-refractivity contribution >= 4 is 17.5 Å². The molecule has 2 aromatic rings. The van der Waals surface area contributed by atoms with Crippen LogP contribution in [0.1, 0.15) is 31.2 Å². The largest absolute Gasteiger partial charge is 0.494 e. The lowest BCUT2D eigenvalue weighted by atomic mass is 9.99. The lowest BCUT2D eigenvalue weighted by molar-refractivity contribution is -0.119. The first-order valence-corrected chi connectivity index (χ1v) is 8.20. The van der Waals surface area contributed by atoms with Crippen molar-refractivity contribution in [1.82, 2.24) is 20.2 Å². The third kappa shape index (κ3) is 2.99. The first-order valence-electron chi connectivity index (χ1n) is 7.32. The van der Waals surface area contributed by atoms with Gasteiger partial charge in [0, 0.05) is 6.42 Å². The molecule has 1 aliphatic carbocycles. The molecule has 1 aromatic carbocycles. The minimum Gasteiger partial charge on any atom is -0.494 e. The Hall–Kier alpha value is -1.89. The van der Waals surface area contributed by atoms with Crippen LogP contribution in [0.5, 0.6) is 5.75 Å². The Morgan fingerprint density at radius 3 is 3.00 bits per heavy atom. The fraction of sp³-hybridized carbons (Fsp3) is 0.467. The van der Waals surface area contributed by atoms with Crippen LogP contribution in [0.25, 0.3) is 5.69 Å². The molecule has 0 spiro atoms. The zero-order chi connectivity index (χ0) is 15.5. The summed E-state index contributed by atoms with van der Waals surface area (Å²) in [5.74, 6) is 0.997. The van der Waals surface area contributed by atoms with Crippen molar-refractivity contribution in [2.24, 2.45) is 0 Å². The fourth-order valence-electron chi connectivity index (χ4n) is 2.57. The number of hydrogen-bond acceptors (Lipinski definition) is 6. The molecule has 116 valence electrons. The monoisotopic (exact) mass is 318 g/mol. The van der Waals surface area contributed by atoms with E-state index in [1.807, 2.05) is 25.1 Å². The topological polar surface area (TPSA) is 69.9 Å². The van der Waals surface area contributed by atoms with Crippen LogP contribution in [-0.2, 0) is 4.79 Å². The Labute approximate surface area is 133 Å². The van der Waals surface area contributed by atoms with Gasteiger partial charge in [-0.3, -0.25) is 4.79 Å². The molecular formula is C15H18N4O2S. The molecule has 1 aliphatic rings. The van der Waals surface area contributed by atoms with E-state index >= 15 is 0 Å². The van der Waals surface area contributed by atoms with E-state index in [0.717, 1.165) is 30.5 Å². The Morgan fingerprint density at radius 2 is 2.23 bits per heavy atom. The summed E-state index contributed by atoms with van der Waals surface area (Å²) in [4.78, 5) is 12.0. The highest BCUT2D eigenvalue weighted by atomic mass is 32.2. The number of thioether (sulfide) groups is 1. The first-order chi connectivity index (χ1) is 10.7. The third-order valence-corrected chi connectivity index (χ3v) is 5.00. The smallest absolute Gasteiger partial charge is 0.214 e. The Morgan fingerprint density at radius 1 is 1.36 bits per heavy atom. The second-order valence-electron chi connectivity index (χ2n) is 5.37. The van der Waals surface area contributed by atoms with E-state index in [2.05, 4.69) is 15.5 Å². The number of rotatable bonds is 4. The van der Waals surface area contributed by atoms with E-state index in [1.54, 1.807) is 11.8 Å². The van der Waals surface area contributed by atoms with Crippen LogP contribution in [0.3, 0.4) is 0 Å². The molecule has 0 aliphatic heterocycles. The molecule has 3 rings (SSSR count). The minimum atomic E-state index is -0.0469. The van der Waals surface area contributed by atoms with Gasteiger partial charge in [0.05, 0.1) is 12.4 Å². The van der Waals surface area contributed by atoms with Crippen molar-refractivity contribution in [1.29, 1.82) is 0 Å². The van der Waals surface area contributed by atoms with Gasteiger partial charge in [-0.1, -0.05) is 24.2 Å². The second-order valence-corrected chi connectivity index (χ2v) is 6.54. The summed E-state index contributed by atoms with van der Waals surface area (Å²) in [6.07, 6.45) is 3.62. The number of Topliss-reactive ketones (excluding diaryl/α,β-unsaturated/α-hetero) is 1. The van der Waals surface area contributed by atoms with Crippen molar-refractivity contribution in [3.05, 3.63) is 23.8 Å². The number of aromatic nitrogens is 4. The minimum absolute atomic E-state index is 0.0469. The van der Waals surface area contributed by atoms with Gasteiger partial charge in [-0.25, -0.2) is 0 Å². The number of tetrazole rings is 1. The molecule has 1 aromatic heterocycles. The average molecular weight is 318 g/mol. The zero-order valence-corrected chi connectivity index (χ0v) is 13.5. The van der Waals surface area contributed by atoms with E-state index < -0.39 is 0 Å². The highest BCUT2D eigenvalue weighted by Crippen LogP contribution is 2.33. The van der Waals surface area contributed by atoms with Gasteiger partial charge in [-0.05, 0) is 47.9 Å². The van der Waals surface area contributed by atoms with E-state index in [9.17, 15) is 4.79 Å². The second kappa shape index (κ2) is 6.48. The third-order valence-electron chi connectivity index (χ3n) is 3.75. The highest BCUT2D eigenvalue weighted by molar-refractivity contribution is 8.00. The van der Waals surface area contributed by atoms with E-state index in [1.165, 1.54) is 11.8 Å². The van der Waals surface area contributed by atoms with Gasteiger partial charge in [0.1, 0.15) is 17.2 Å². The maximum Gasteiger partial charge on any atom is 0.214 e. The number of aryl methyl sites for hydroxylation is 1. The highest BCUT2D eigenvalue weighted by Gasteiger charge is 2.26. The average Bonchev–Trinajstić information content (AvgIpc) is 2.97. The summed E-state index contributed by atoms with van der Waals surface area (Å²) < 4.78 is 7.05. The van der Waals surface area contributed by atoms with Crippen LogP contribution in [0.4, 0.5) is 0 Å². The van der Waals surface area contributed by atoms with Crippen LogP contribution >= 0.6 is 11.8 Å². The molecule has 22 heavy (non-hydrogen) atoms. The number of ketones is 1. The first kappa shape index (κ1) is 15.0.